The molecule has 0 radical (unpaired) electrons. The molecule has 0 amide bonds. The minimum atomic E-state index is 0.803. The second kappa shape index (κ2) is 4.22. The smallest absolute Gasteiger partial charge is 0.133 e. The standard InChI is InChI=1S/C12H15N3S/c1-7-5-6-16-11(7)10-8(2)12(13-4)15-9(3)14-10/h5-6H,1-4H3,(H,13,14,15). The molecule has 1 N–H and O–H groups in total. The average molecular weight is 233 g/mol. The first-order valence-corrected chi connectivity index (χ1v) is 6.09. The van der Waals surface area contributed by atoms with Crippen molar-refractivity contribution in [3.63, 3.8) is 0 Å². The second-order valence-corrected chi connectivity index (χ2v) is 4.69. The molecular formula is C12H15N3S. The van der Waals surface area contributed by atoms with Crippen molar-refractivity contribution in [3.8, 4) is 10.6 Å². The molecule has 4 heteroatoms. The molecule has 2 aromatic heterocycles. The largest absolute Gasteiger partial charge is 0.373 e. The third-order valence-corrected chi connectivity index (χ3v) is 3.59. The van der Waals surface area contributed by atoms with Crippen molar-refractivity contribution in [2.75, 3.05) is 12.4 Å². The van der Waals surface area contributed by atoms with Crippen LogP contribution < -0.4 is 5.32 Å². The summed E-state index contributed by atoms with van der Waals surface area (Å²) in [6.07, 6.45) is 0. The Morgan fingerprint density at radius 3 is 2.50 bits per heavy atom. The number of thiophene rings is 1. The summed E-state index contributed by atoms with van der Waals surface area (Å²) >= 11 is 1.73. The zero-order valence-corrected chi connectivity index (χ0v) is 10.8. The van der Waals surface area contributed by atoms with Crippen LogP contribution in [0.15, 0.2) is 11.4 Å². The van der Waals surface area contributed by atoms with Crippen molar-refractivity contribution in [2.45, 2.75) is 20.8 Å². The SMILES string of the molecule is CNc1nc(C)nc(-c2sccc2C)c1C. The van der Waals surface area contributed by atoms with E-state index >= 15 is 0 Å². The average Bonchev–Trinajstić information content (AvgIpc) is 2.67. The quantitative estimate of drug-likeness (QED) is 0.865. The molecule has 0 bridgehead atoms. The van der Waals surface area contributed by atoms with Crippen molar-refractivity contribution >= 4 is 17.2 Å². The van der Waals surface area contributed by atoms with E-state index in [-0.39, 0.29) is 0 Å². The van der Waals surface area contributed by atoms with E-state index in [1.807, 2.05) is 14.0 Å². The van der Waals surface area contributed by atoms with E-state index in [9.17, 15) is 0 Å². The Morgan fingerprint density at radius 2 is 1.94 bits per heavy atom. The monoisotopic (exact) mass is 233 g/mol. The van der Waals surface area contributed by atoms with Gasteiger partial charge in [0.15, 0.2) is 0 Å². The van der Waals surface area contributed by atoms with E-state index in [0.717, 1.165) is 22.9 Å². The Morgan fingerprint density at radius 1 is 1.19 bits per heavy atom. The number of rotatable bonds is 2. The lowest BCUT2D eigenvalue weighted by Gasteiger charge is -2.10. The number of hydrogen-bond acceptors (Lipinski definition) is 4. The van der Waals surface area contributed by atoms with Crippen molar-refractivity contribution in [1.29, 1.82) is 0 Å². The van der Waals surface area contributed by atoms with Crippen LogP contribution in [0.1, 0.15) is 17.0 Å². The topological polar surface area (TPSA) is 37.8 Å². The minimum absolute atomic E-state index is 0.803. The molecule has 84 valence electrons. The molecule has 2 aromatic rings. The van der Waals surface area contributed by atoms with Gasteiger partial charge in [-0.15, -0.1) is 11.3 Å². The molecule has 0 aliphatic carbocycles. The van der Waals surface area contributed by atoms with Crippen LogP contribution in [0.4, 0.5) is 5.82 Å². The number of aryl methyl sites for hydroxylation is 2. The Kier molecular flexibility index (Phi) is 2.92. The van der Waals surface area contributed by atoms with Crippen molar-refractivity contribution in [2.24, 2.45) is 0 Å². The molecule has 0 aromatic carbocycles. The summed E-state index contributed by atoms with van der Waals surface area (Å²) in [5, 5.41) is 5.21. The first-order valence-electron chi connectivity index (χ1n) is 5.21. The molecule has 0 fully saturated rings. The van der Waals surface area contributed by atoms with Crippen molar-refractivity contribution in [3.05, 3.63) is 28.4 Å². The summed E-state index contributed by atoms with van der Waals surface area (Å²) in [4.78, 5) is 10.2. The Bertz CT molecular complexity index is 517. The van der Waals surface area contributed by atoms with Crippen LogP contribution >= 0.6 is 11.3 Å². The Labute approximate surface area is 99.6 Å². The first-order chi connectivity index (χ1) is 7.63. The summed E-state index contributed by atoms with van der Waals surface area (Å²) < 4.78 is 0. The van der Waals surface area contributed by atoms with Crippen molar-refractivity contribution < 1.29 is 0 Å². The number of anilines is 1. The second-order valence-electron chi connectivity index (χ2n) is 3.78. The molecular weight excluding hydrogens is 218 g/mol. The summed E-state index contributed by atoms with van der Waals surface area (Å²) in [6, 6.07) is 2.12. The summed E-state index contributed by atoms with van der Waals surface area (Å²) in [5.41, 5.74) is 3.43. The maximum absolute atomic E-state index is 4.54. The normalized spacial score (nSPS) is 10.5. The van der Waals surface area contributed by atoms with Gasteiger partial charge in [-0.3, -0.25) is 0 Å². The molecule has 0 atom stereocenters. The van der Waals surface area contributed by atoms with E-state index in [2.05, 4.69) is 40.6 Å². The molecule has 0 aliphatic rings. The zero-order valence-electron chi connectivity index (χ0n) is 9.96. The lowest BCUT2D eigenvalue weighted by atomic mass is 10.1. The fourth-order valence-electron chi connectivity index (χ4n) is 1.71. The molecule has 2 heterocycles. The van der Waals surface area contributed by atoms with Gasteiger partial charge in [0.25, 0.3) is 0 Å². The van der Waals surface area contributed by atoms with Gasteiger partial charge in [0.05, 0.1) is 10.6 Å². The number of hydrogen-bond donors (Lipinski definition) is 1. The predicted molar refractivity (Wildman–Crippen MR) is 69.1 cm³/mol. The van der Waals surface area contributed by atoms with Gasteiger partial charge in [0.1, 0.15) is 11.6 Å². The molecule has 0 spiro atoms. The lowest BCUT2D eigenvalue weighted by Crippen LogP contribution is -2.02. The van der Waals surface area contributed by atoms with E-state index in [1.165, 1.54) is 10.4 Å². The Balaban J connectivity index is 2.65. The van der Waals surface area contributed by atoms with Crippen LogP contribution in [0.25, 0.3) is 10.6 Å². The van der Waals surface area contributed by atoms with Gasteiger partial charge < -0.3 is 5.32 Å². The third kappa shape index (κ3) is 1.80. The Hall–Kier alpha value is -1.42. The highest BCUT2D eigenvalue weighted by Gasteiger charge is 2.12. The fraction of sp³-hybridized carbons (Fsp3) is 0.333. The van der Waals surface area contributed by atoms with Gasteiger partial charge in [0, 0.05) is 12.6 Å². The lowest BCUT2D eigenvalue weighted by molar-refractivity contribution is 1.04. The summed E-state index contributed by atoms with van der Waals surface area (Å²) in [7, 11) is 1.89. The molecule has 0 saturated carbocycles. The van der Waals surface area contributed by atoms with Crippen LogP contribution in [0.2, 0.25) is 0 Å². The molecule has 2 rings (SSSR count). The number of nitrogens with one attached hydrogen (secondary N) is 1. The van der Waals surface area contributed by atoms with Gasteiger partial charge >= 0.3 is 0 Å². The van der Waals surface area contributed by atoms with Gasteiger partial charge in [0.2, 0.25) is 0 Å². The first kappa shape index (κ1) is 11.1. The molecule has 0 aliphatic heterocycles. The van der Waals surface area contributed by atoms with Crippen LogP contribution in [-0.4, -0.2) is 17.0 Å². The number of aromatic nitrogens is 2. The summed E-state index contributed by atoms with van der Waals surface area (Å²) in [6.45, 7) is 6.09. The molecule has 3 nitrogen and oxygen atoms in total. The highest BCUT2D eigenvalue weighted by Crippen LogP contribution is 2.32. The highest BCUT2D eigenvalue weighted by atomic mass is 32.1. The van der Waals surface area contributed by atoms with E-state index < -0.39 is 0 Å². The van der Waals surface area contributed by atoms with E-state index in [1.54, 1.807) is 11.3 Å². The maximum atomic E-state index is 4.54. The maximum Gasteiger partial charge on any atom is 0.133 e. The zero-order chi connectivity index (χ0) is 11.7. The number of nitrogens with zero attached hydrogens (tertiary/aromatic N) is 2. The van der Waals surface area contributed by atoms with Gasteiger partial charge in [-0.05, 0) is 37.8 Å². The molecule has 0 unspecified atom stereocenters. The van der Waals surface area contributed by atoms with Crippen molar-refractivity contribution in [1.82, 2.24) is 9.97 Å². The predicted octanol–water partition coefficient (Wildman–Crippen LogP) is 3.17. The highest BCUT2D eigenvalue weighted by molar-refractivity contribution is 7.13. The van der Waals surface area contributed by atoms with Crippen LogP contribution in [0.3, 0.4) is 0 Å². The molecule has 16 heavy (non-hydrogen) atoms. The van der Waals surface area contributed by atoms with Gasteiger partial charge in [-0.25, -0.2) is 9.97 Å². The minimum Gasteiger partial charge on any atom is -0.373 e. The molecule has 0 saturated heterocycles. The fourth-order valence-corrected chi connectivity index (χ4v) is 2.68. The van der Waals surface area contributed by atoms with Gasteiger partial charge in [-0.1, -0.05) is 0 Å². The third-order valence-electron chi connectivity index (χ3n) is 2.57. The van der Waals surface area contributed by atoms with E-state index in [0.29, 0.717) is 0 Å². The van der Waals surface area contributed by atoms with Crippen LogP contribution in [-0.2, 0) is 0 Å². The van der Waals surface area contributed by atoms with Crippen LogP contribution in [0.5, 0.6) is 0 Å². The summed E-state index contributed by atoms with van der Waals surface area (Å²) in [5.74, 6) is 1.72. The van der Waals surface area contributed by atoms with Gasteiger partial charge in [-0.2, -0.15) is 0 Å². The van der Waals surface area contributed by atoms with E-state index in [4.69, 9.17) is 0 Å². The van der Waals surface area contributed by atoms with Crippen LogP contribution in [0, 0.1) is 20.8 Å².